The first-order chi connectivity index (χ1) is 9.47. The molecule has 3 rings (SSSR count). The van der Waals surface area contributed by atoms with E-state index in [1.54, 1.807) is 12.1 Å². The van der Waals surface area contributed by atoms with Gasteiger partial charge in [-0.1, -0.05) is 23.2 Å². The number of aryl methyl sites for hydroxylation is 2. The molecule has 2 heterocycles. The Bertz CT molecular complexity index is 804. The van der Waals surface area contributed by atoms with E-state index >= 15 is 0 Å². The molecule has 102 valence electrons. The lowest BCUT2D eigenvalue weighted by Gasteiger charge is -2.09. The first kappa shape index (κ1) is 13.2. The van der Waals surface area contributed by atoms with Gasteiger partial charge in [0.25, 0.3) is 0 Å². The minimum atomic E-state index is 0.0968. The molecule has 0 saturated carbocycles. The molecular formula is C14H11Cl2N3O. The fraction of sp³-hybridized carbons (Fsp3) is 0.143. The summed E-state index contributed by atoms with van der Waals surface area (Å²) < 4.78 is 1.87. The molecule has 0 fully saturated rings. The molecular weight excluding hydrogens is 297 g/mol. The van der Waals surface area contributed by atoms with Gasteiger partial charge in [-0.3, -0.25) is 0 Å². The van der Waals surface area contributed by atoms with E-state index in [4.69, 9.17) is 23.2 Å². The quantitative estimate of drug-likeness (QED) is 0.692. The summed E-state index contributed by atoms with van der Waals surface area (Å²) in [5, 5.41) is 11.0. The van der Waals surface area contributed by atoms with Gasteiger partial charge >= 0.3 is 0 Å². The van der Waals surface area contributed by atoms with Crippen LogP contribution in [-0.4, -0.2) is 19.6 Å². The van der Waals surface area contributed by atoms with Gasteiger partial charge in [0.2, 0.25) is 0 Å². The Morgan fingerprint density at radius 3 is 2.60 bits per heavy atom. The zero-order valence-electron chi connectivity index (χ0n) is 10.9. The van der Waals surface area contributed by atoms with Crippen LogP contribution in [0.25, 0.3) is 22.6 Å². The average molecular weight is 308 g/mol. The summed E-state index contributed by atoms with van der Waals surface area (Å²) in [6, 6.07) is 6.85. The predicted molar refractivity (Wildman–Crippen MR) is 80.4 cm³/mol. The second kappa shape index (κ2) is 4.65. The van der Waals surface area contributed by atoms with Crippen LogP contribution in [0.15, 0.2) is 24.3 Å². The van der Waals surface area contributed by atoms with Crippen LogP contribution in [0.4, 0.5) is 0 Å². The third kappa shape index (κ3) is 2.01. The molecule has 0 saturated heterocycles. The molecule has 0 bridgehead atoms. The Balaban J connectivity index is 2.33. The van der Waals surface area contributed by atoms with Crippen LogP contribution < -0.4 is 0 Å². The summed E-state index contributed by atoms with van der Waals surface area (Å²) >= 11 is 11.8. The van der Waals surface area contributed by atoms with E-state index in [9.17, 15) is 5.11 Å². The van der Waals surface area contributed by atoms with E-state index in [0.29, 0.717) is 27.2 Å². The normalized spacial score (nSPS) is 11.2. The van der Waals surface area contributed by atoms with E-state index in [0.717, 1.165) is 11.1 Å². The molecule has 1 aromatic carbocycles. The summed E-state index contributed by atoms with van der Waals surface area (Å²) in [7, 11) is 1.87. The lowest BCUT2D eigenvalue weighted by molar-refractivity contribution is 0.476. The monoisotopic (exact) mass is 307 g/mol. The smallest absolute Gasteiger partial charge is 0.179 e. The number of phenols is 1. The van der Waals surface area contributed by atoms with Crippen LogP contribution in [0.1, 0.15) is 5.56 Å². The molecule has 4 nitrogen and oxygen atoms in total. The minimum absolute atomic E-state index is 0.0968. The maximum absolute atomic E-state index is 10.1. The average Bonchev–Trinajstić information content (AvgIpc) is 2.65. The Labute approximate surface area is 125 Å². The van der Waals surface area contributed by atoms with Crippen molar-refractivity contribution in [1.29, 1.82) is 0 Å². The molecule has 1 N–H and O–H groups in total. The molecule has 0 aliphatic heterocycles. The number of benzene rings is 1. The van der Waals surface area contributed by atoms with E-state index in [2.05, 4.69) is 9.97 Å². The highest BCUT2D eigenvalue weighted by Gasteiger charge is 2.17. The highest BCUT2D eigenvalue weighted by molar-refractivity contribution is 6.31. The standard InChI is InChI=1S/C14H11Cl2N3O/c1-7-5-8(15)6-10(20)12(7)14-18-13-9(19(14)2)3-4-11(16)17-13/h3-6,20H,1-2H3. The van der Waals surface area contributed by atoms with Gasteiger partial charge in [0.05, 0.1) is 11.1 Å². The lowest BCUT2D eigenvalue weighted by Crippen LogP contribution is -1.95. The molecule has 0 aliphatic rings. The zero-order chi connectivity index (χ0) is 14.4. The van der Waals surface area contributed by atoms with Gasteiger partial charge in [0.15, 0.2) is 5.65 Å². The number of imidazole rings is 1. The molecule has 2 aromatic heterocycles. The third-order valence-electron chi connectivity index (χ3n) is 3.21. The minimum Gasteiger partial charge on any atom is -0.507 e. The first-order valence-electron chi connectivity index (χ1n) is 5.96. The van der Waals surface area contributed by atoms with Gasteiger partial charge in [0, 0.05) is 12.1 Å². The second-order valence-electron chi connectivity index (χ2n) is 4.59. The van der Waals surface area contributed by atoms with Crippen LogP contribution in [0.5, 0.6) is 5.75 Å². The van der Waals surface area contributed by atoms with Crippen LogP contribution in [0.3, 0.4) is 0 Å². The topological polar surface area (TPSA) is 50.9 Å². The maximum Gasteiger partial charge on any atom is 0.179 e. The summed E-state index contributed by atoms with van der Waals surface area (Å²) in [6.45, 7) is 1.88. The Morgan fingerprint density at radius 1 is 1.15 bits per heavy atom. The van der Waals surface area contributed by atoms with Gasteiger partial charge in [-0.15, -0.1) is 0 Å². The largest absolute Gasteiger partial charge is 0.507 e. The predicted octanol–water partition coefficient (Wildman–Crippen LogP) is 3.96. The third-order valence-corrected chi connectivity index (χ3v) is 3.64. The van der Waals surface area contributed by atoms with Crippen molar-refractivity contribution in [2.75, 3.05) is 0 Å². The van der Waals surface area contributed by atoms with Crippen LogP contribution in [-0.2, 0) is 7.05 Å². The van der Waals surface area contributed by atoms with Crippen molar-refractivity contribution in [3.8, 4) is 17.1 Å². The van der Waals surface area contributed by atoms with Crippen molar-refractivity contribution in [1.82, 2.24) is 14.5 Å². The summed E-state index contributed by atoms with van der Waals surface area (Å²) in [5.41, 5.74) is 2.88. The van der Waals surface area contributed by atoms with E-state index in [1.165, 1.54) is 6.07 Å². The maximum atomic E-state index is 10.1. The first-order valence-corrected chi connectivity index (χ1v) is 6.71. The van der Waals surface area contributed by atoms with Crippen molar-refractivity contribution >= 4 is 34.4 Å². The van der Waals surface area contributed by atoms with Crippen molar-refractivity contribution in [3.63, 3.8) is 0 Å². The SMILES string of the molecule is Cc1cc(Cl)cc(O)c1-c1nc2nc(Cl)ccc2n1C. The number of hydrogen-bond donors (Lipinski definition) is 1. The molecule has 3 aromatic rings. The van der Waals surface area contributed by atoms with Crippen molar-refractivity contribution in [2.45, 2.75) is 6.92 Å². The van der Waals surface area contributed by atoms with Gasteiger partial charge in [-0.2, -0.15) is 0 Å². The van der Waals surface area contributed by atoms with Crippen molar-refractivity contribution < 1.29 is 5.11 Å². The second-order valence-corrected chi connectivity index (χ2v) is 5.41. The molecule has 20 heavy (non-hydrogen) atoms. The highest BCUT2D eigenvalue weighted by Crippen LogP contribution is 2.35. The Morgan fingerprint density at radius 2 is 1.90 bits per heavy atom. The molecule has 6 heteroatoms. The zero-order valence-corrected chi connectivity index (χ0v) is 12.4. The number of hydrogen-bond acceptors (Lipinski definition) is 3. The number of rotatable bonds is 1. The molecule has 0 unspecified atom stereocenters. The van der Waals surface area contributed by atoms with Gasteiger partial charge in [-0.25, -0.2) is 9.97 Å². The van der Waals surface area contributed by atoms with Gasteiger partial charge in [-0.05, 0) is 36.8 Å². The highest BCUT2D eigenvalue weighted by atomic mass is 35.5. The number of pyridine rings is 1. The molecule has 0 amide bonds. The molecule has 0 radical (unpaired) electrons. The molecule has 0 aliphatic carbocycles. The van der Waals surface area contributed by atoms with Crippen molar-refractivity contribution in [3.05, 3.63) is 40.0 Å². The number of phenolic OH excluding ortho intramolecular Hbond substituents is 1. The molecule has 0 atom stereocenters. The number of aromatic hydroxyl groups is 1. The van der Waals surface area contributed by atoms with Crippen LogP contribution >= 0.6 is 23.2 Å². The fourth-order valence-electron chi connectivity index (χ4n) is 2.29. The van der Waals surface area contributed by atoms with E-state index in [-0.39, 0.29) is 5.75 Å². The number of fused-ring (bicyclic) bond motifs is 1. The number of halogens is 2. The van der Waals surface area contributed by atoms with Gasteiger partial charge < -0.3 is 9.67 Å². The Kier molecular flexibility index (Phi) is 3.07. The van der Waals surface area contributed by atoms with E-state index < -0.39 is 0 Å². The summed E-state index contributed by atoms with van der Waals surface area (Å²) in [4.78, 5) is 8.64. The number of nitrogens with zero attached hydrogens (tertiary/aromatic N) is 3. The molecule has 0 spiro atoms. The fourth-order valence-corrected chi connectivity index (χ4v) is 2.70. The summed E-state index contributed by atoms with van der Waals surface area (Å²) in [5.74, 6) is 0.723. The van der Waals surface area contributed by atoms with Crippen LogP contribution in [0, 0.1) is 6.92 Å². The summed E-state index contributed by atoms with van der Waals surface area (Å²) in [6.07, 6.45) is 0. The van der Waals surface area contributed by atoms with Crippen LogP contribution in [0.2, 0.25) is 10.2 Å². The van der Waals surface area contributed by atoms with Crippen molar-refractivity contribution in [2.24, 2.45) is 7.05 Å². The lowest BCUT2D eigenvalue weighted by atomic mass is 10.1. The Hall–Kier alpha value is -1.78. The number of aromatic nitrogens is 3. The van der Waals surface area contributed by atoms with Gasteiger partial charge in [0.1, 0.15) is 16.7 Å². The van der Waals surface area contributed by atoms with E-state index in [1.807, 2.05) is 24.6 Å².